The zero-order valence-electron chi connectivity index (χ0n) is 30.1. The maximum Gasteiger partial charge on any atom is 0.490 e. The minimum absolute atomic E-state index is 0.138. The number of carbonyl (C=O) groups excluding carboxylic acids is 1. The highest BCUT2D eigenvalue weighted by atomic mass is 19.4. The van der Waals surface area contributed by atoms with Crippen LogP contribution in [0.1, 0.15) is 69.9 Å². The normalized spacial score (nSPS) is 14.3. The third kappa shape index (κ3) is 8.04. The monoisotopic (exact) mass is 724 g/mol. The average Bonchev–Trinajstić information content (AvgIpc) is 3.55. The number of esters is 1. The molecule has 7 rings (SSSR count). The molecule has 6 heteroatoms. The first-order valence-electron chi connectivity index (χ1n) is 18.6. The zero-order valence-corrected chi connectivity index (χ0v) is 30.1. The molecule has 0 spiro atoms. The third-order valence-corrected chi connectivity index (χ3v) is 10.7. The molecule has 0 bridgehead atoms. The van der Waals surface area contributed by atoms with Crippen molar-refractivity contribution in [2.75, 3.05) is 6.61 Å². The summed E-state index contributed by atoms with van der Waals surface area (Å²) in [5.74, 6) is -2.19. The van der Waals surface area contributed by atoms with E-state index in [2.05, 4.69) is 24.3 Å². The van der Waals surface area contributed by atoms with E-state index in [-0.39, 0.29) is 18.4 Å². The van der Waals surface area contributed by atoms with Crippen molar-refractivity contribution in [1.82, 2.24) is 0 Å². The minimum Gasteiger partial charge on any atom is -0.451 e. The van der Waals surface area contributed by atoms with Crippen molar-refractivity contribution >= 4 is 5.97 Å². The summed E-state index contributed by atoms with van der Waals surface area (Å²) in [6.07, 6.45) is -2.47. The van der Waals surface area contributed by atoms with E-state index in [9.17, 15) is 18.0 Å². The molecule has 274 valence electrons. The van der Waals surface area contributed by atoms with E-state index in [4.69, 9.17) is 9.47 Å². The Hall–Kier alpha value is -5.46. The lowest BCUT2D eigenvalue weighted by Crippen LogP contribution is -2.33. The number of alkyl halides is 3. The largest absolute Gasteiger partial charge is 0.490 e. The van der Waals surface area contributed by atoms with Crippen LogP contribution in [0.3, 0.4) is 0 Å². The molecule has 0 heterocycles. The van der Waals surface area contributed by atoms with Gasteiger partial charge in [0.2, 0.25) is 0 Å². The predicted octanol–water partition coefficient (Wildman–Crippen LogP) is 11.3. The summed E-state index contributed by atoms with van der Waals surface area (Å²) in [7, 11) is 0. The number of aryl methyl sites for hydroxylation is 1. The van der Waals surface area contributed by atoms with Crippen molar-refractivity contribution < 1.29 is 27.4 Å². The first kappa shape index (κ1) is 36.9. The van der Waals surface area contributed by atoms with Gasteiger partial charge >= 0.3 is 12.1 Å². The fourth-order valence-corrected chi connectivity index (χ4v) is 8.17. The molecule has 54 heavy (non-hydrogen) atoms. The fourth-order valence-electron chi connectivity index (χ4n) is 8.17. The molecule has 0 N–H and O–H groups in total. The van der Waals surface area contributed by atoms with Crippen LogP contribution in [0.25, 0.3) is 0 Å². The van der Waals surface area contributed by atoms with Crippen molar-refractivity contribution in [1.29, 1.82) is 0 Å². The highest BCUT2D eigenvalue weighted by molar-refractivity contribution is 5.76. The standard InChI is InChI=1S/C48H43F3O3/c49-48(50,51)45(52)54-44(27-16-32-53-47(40-21-10-3-11-22-40,41-23-12-4-13-24-41)42-25-14-5-15-26-42)39-29-28-38-30-31-46(43(38)33-39,34-36-17-6-1-7-18-36)35-37-19-8-2-9-20-37/h1-15,17-26,28-29,33,44H,16,27,30-32,34-35H2. The Morgan fingerprint density at radius 1 is 0.630 bits per heavy atom. The van der Waals surface area contributed by atoms with Gasteiger partial charge in [0.15, 0.2) is 0 Å². The molecule has 1 atom stereocenters. The maximum atomic E-state index is 13.8. The Balaban J connectivity index is 1.21. The first-order valence-corrected chi connectivity index (χ1v) is 18.6. The molecule has 0 aliphatic heterocycles. The quantitative estimate of drug-likeness (QED) is 0.0637. The Morgan fingerprint density at radius 2 is 1.09 bits per heavy atom. The van der Waals surface area contributed by atoms with Crippen LogP contribution in [-0.2, 0) is 44.5 Å². The number of hydrogen-bond acceptors (Lipinski definition) is 3. The van der Waals surface area contributed by atoms with Crippen LogP contribution >= 0.6 is 0 Å². The number of ether oxygens (including phenoxy) is 2. The number of rotatable bonds is 14. The Bertz CT molecular complexity index is 1960. The molecule has 0 fully saturated rings. The van der Waals surface area contributed by atoms with Gasteiger partial charge in [-0.1, -0.05) is 170 Å². The predicted molar refractivity (Wildman–Crippen MR) is 206 cm³/mol. The molecule has 0 saturated carbocycles. The van der Waals surface area contributed by atoms with Crippen LogP contribution in [0.5, 0.6) is 0 Å². The molecule has 0 amide bonds. The second-order valence-electron chi connectivity index (χ2n) is 14.2. The summed E-state index contributed by atoms with van der Waals surface area (Å²) in [4.78, 5) is 12.5. The molecular weight excluding hydrogens is 682 g/mol. The highest BCUT2D eigenvalue weighted by Gasteiger charge is 2.44. The van der Waals surface area contributed by atoms with E-state index in [0.717, 1.165) is 47.9 Å². The molecule has 1 aliphatic carbocycles. The van der Waals surface area contributed by atoms with Crippen LogP contribution in [0.4, 0.5) is 13.2 Å². The highest BCUT2D eigenvalue weighted by Crippen LogP contribution is 2.46. The van der Waals surface area contributed by atoms with Gasteiger partial charge in [-0.15, -0.1) is 0 Å². The van der Waals surface area contributed by atoms with Gasteiger partial charge in [0.25, 0.3) is 0 Å². The lowest BCUT2D eigenvalue weighted by Gasteiger charge is -2.36. The number of halogens is 3. The second-order valence-corrected chi connectivity index (χ2v) is 14.2. The number of carbonyl (C=O) groups is 1. The van der Waals surface area contributed by atoms with Crippen molar-refractivity contribution in [3.05, 3.63) is 214 Å². The lowest BCUT2D eigenvalue weighted by atomic mass is 9.72. The summed E-state index contributed by atoms with van der Waals surface area (Å²) < 4.78 is 53.5. The van der Waals surface area contributed by atoms with Gasteiger partial charge in [-0.3, -0.25) is 0 Å². The van der Waals surface area contributed by atoms with Gasteiger partial charge < -0.3 is 9.47 Å². The maximum absolute atomic E-state index is 13.8. The van der Waals surface area contributed by atoms with E-state index in [1.165, 1.54) is 16.7 Å². The first-order chi connectivity index (χ1) is 26.3. The van der Waals surface area contributed by atoms with Gasteiger partial charge in [0.1, 0.15) is 11.7 Å². The summed E-state index contributed by atoms with van der Waals surface area (Å²) in [6, 6.07) is 56.3. The Labute approximate surface area is 315 Å². The zero-order chi connectivity index (χ0) is 37.4. The molecule has 1 unspecified atom stereocenters. The molecule has 0 aromatic heterocycles. The van der Waals surface area contributed by atoms with E-state index in [1.54, 1.807) is 0 Å². The van der Waals surface area contributed by atoms with Crippen molar-refractivity contribution in [3.63, 3.8) is 0 Å². The van der Waals surface area contributed by atoms with Crippen LogP contribution < -0.4 is 0 Å². The van der Waals surface area contributed by atoms with Crippen LogP contribution in [0.15, 0.2) is 170 Å². The molecule has 6 aromatic carbocycles. The number of hydrogen-bond donors (Lipinski definition) is 0. The minimum atomic E-state index is -5.13. The van der Waals surface area contributed by atoms with E-state index >= 15 is 0 Å². The fraction of sp³-hybridized carbons (Fsp3) is 0.229. The van der Waals surface area contributed by atoms with E-state index in [1.807, 2.05) is 146 Å². The molecular formula is C48H43F3O3. The molecule has 0 radical (unpaired) electrons. The van der Waals surface area contributed by atoms with Gasteiger partial charge in [0, 0.05) is 12.0 Å². The van der Waals surface area contributed by atoms with Crippen LogP contribution in [0.2, 0.25) is 0 Å². The SMILES string of the molecule is O=C(OC(CCCOC(c1ccccc1)(c1ccccc1)c1ccccc1)c1ccc2c(c1)C(Cc1ccccc1)(Cc1ccccc1)CC2)C(F)(F)F. The van der Waals surface area contributed by atoms with Gasteiger partial charge in [-0.05, 0) is 83.0 Å². The Kier molecular flexibility index (Phi) is 11.1. The topological polar surface area (TPSA) is 35.5 Å². The summed E-state index contributed by atoms with van der Waals surface area (Å²) >= 11 is 0. The van der Waals surface area contributed by atoms with Crippen molar-refractivity contribution in [2.24, 2.45) is 0 Å². The Morgan fingerprint density at radius 3 is 1.56 bits per heavy atom. The smallest absolute Gasteiger partial charge is 0.451 e. The average molecular weight is 725 g/mol. The van der Waals surface area contributed by atoms with E-state index < -0.39 is 23.9 Å². The summed E-state index contributed by atoms with van der Waals surface area (Å²) in [5.41, 5.74) is 6.74. The van der Waals surface area contributed by atoms with Gasteiger partial charge in [-0.25, -0.2) is 4.79 Å². The number of fused-ring (bicyclic) bond motifs is 1. The van der Waals surface area contributed by atoms with E-state index in [0.29, 0.717) is 12.0 Å². The number of benzene rings is 6. The van der Waals surface area contributed by atoms with Crippen LogP contribution in [0, 0.1) is 0 Å². The molecule has 1 aliphatic rings. The van der Waals surface area contributed by atoms with Crippen LogP contribution in [-0.4, -0.2) is 18.8 Å². The summed E-state index contributed by atoms with van der Waals surface area (Å²) in [5, 5.41) is 0. The third-order valence-electron chi connectivity index (χ3n) is 10.7. The molecule has 3 nitrogen and oxygen atoms in total. The molecule has 0 saturated heterocycles. The van der Waals surface area contributed by atoms with Gasteiger partial charge in [-0.2, -0.15) is 13.2 Å². The van der Waals surface area contributed by atoms with Crippen molar-refractivity contribution in [2.45, 2.75) is 61.8 Å². The lowest BCUT2D eigenvalue weighted by molar-refractivity contribution is -0.205. The summed E-state index contributed by atoms with van der Waals surface area (Å²) in [6.45, 7) is 0.190. The van der Waals surface area contributed by atoms with Crippen molar-refractivity contribution in [3.8, 4) is 0 Å². The molecule has 6 aromatic rings. The second kappa shape index (κ2) is 16.3. The van der Waals surface area contributed by atoms with Gasteiger partial charge in [0.05, 0.1) is 0 Å².